The maximum atomic E-state index is 14.1. The minimum absolute atomic E-state index is 0.0522. The van der Waals surface area contributed by atoms with Gasteiger partial charge in [-0.3, -0.25) is 9.69 Å². The lowest BCUT2D eigenvalue weighted by Gasteiger charge is -2.46. The summed E-state index contributed by atoms with van der Waals surface area (Å²) in [6, 6.07) is 31.9. The lowest BCUT2D eigenvalue weighted by Crippen LogP contribution is -2.49. The van der Waals surface area contributed by atoms with Gasteiger partial charge in [-0.05, 0) is 55.0 Å². The molecule has 0 unspecified atom stereocenters. The van der Waals surface area contributed by atoms with Crippen LogP contribution in [-0.2, 0) is 6.54 Å². The molecule has 5 heteroatoms. The van der Waals surface area contributed by atoms with E-state index in [1.807, 2.05) is 96.8 Å². The Morgan fingerprint density at radius 3 is 2.23 bits per heavy atom. The van der Waals surface area contributed by atoms with Gasteiger partial charge in [0.15, 0.2) is 0 Å². The smallest absolute Gasteiger partial charge is 0.262 e. The Morgan fingerprint density at radius 2 is 1.51 bits per heavy atom. The maximum Gasteiger partial charge on any atom is 0.262 e. The molecule has 0 bridgehead atoms. The number of nitrogens with zero attached hydrogens (tertiary/aromatic N) is 2. The van der Waals surface area contributed by atoms with Crippen molar-refractivity contribution in [2.45, 2.75) is 19.6 Å². The molecule has 1 heterocycles. The van der Waals surface area contributed by atoms with E-state index in [-0.39, 0.29) is 5.91 Å². The Balaban J connectivity index is 1.77. The second-order valence-electron chi connectivity index (χ2n) is 8.62. The van der Waals surface area contributed by atoms with Gasteiger partial charge in [0.2, 0.25) is 0 Å². The quantitative estimate of drug-likeness (QED) is 0.332. The van der Waals surface area contributed by atoms with Crippen molar-refractivity contribution in [3.05, 3.63) is 119 Å². The summed E-state index contributed by atoms with van der Waals surface area (Å²) in [6.45, 7) is 2.65. The number of hydrogen-bond donors (Lipinski definition) is 0. The van der Waals surface area contributed by atoms with Crippen molar-refractivity contribution >= 4 is 17.3 Å². The number of fused-ring (bicyclic) bond motifs is 1. The van der Waals surface area contributed by atoms with Gasteiger partial charge in [-0.2, -0.15) is 0 Å². The molecule has 0 aromatic heterocycles. The Bertz CT molecular complexity index is 1340. The van der Waals surface area contributed by atoms with Crippen LogP contribution in [0.2, 0.25) is 0 Å². The first-order chi connectivity index (χ1) is 17.1. The molecular formula is C30H28N2O3. The summed E-state index contributed by atoms with van der Waals surface area (Å²) in [5.41, 5.74) is 5.51. The third kappa shape index (κ3) is 4.21. The molecule has 0 spiro atoms. The van der Waals surface area contributed by atoms with Gasteiger partial charge in [0.1, 0.15) is 17.7 Å². The molecule has 1 amide bonds. The molecule has 4 aromatic carbocycles. The first-order valence-electron chi connectivity index (χ1n) is 11.6. The average Bonchev–Trinajstić information content (AvgIpc) is 2.91. The van der Waals surface area contributed by atoms with Crippen LogP contribution in [0.15, 0.2) is 97.1 Å². The summed E-state index contributed by atoms with van der Waals surface area (Å²) in [6.07, 6.45) is -0.453. The van der Waals surface area contributed by atoms with Crippen molar-refractivity contribution in [2.24, 2.45) is 0 Å². The van der Waals surface area contributed by atoms with Crippen LogP contribution in [0.5, 0.6) is 11.5 Å². The molecule has 1 aliphatic heterocycles. The molecule has 176 valence electrons. The zero-order valence-corrected chi connectivity index (χ0v) is 20.1. The molecule has 5 nitrogen and oxygen atoms in total. The van der Waals surface area contributed by atoms with E-state index in [9.17, 15) is 4.79 Å². The molecule has 0 aliphatic carbocycles. The number of anilines is 2. The number of aryl methyl sites for hydroxylation is 1. The number of para-hydroxylation sites is 1. The fraction of sp³-hybridized carbons (Fsp3) is 0.167. The normalized spacial score (nSPS) is 15.1. The monoisotopic (exact) mass is 464 g/mol. The van der Waals surface area contributed by atoms with E-state index in [1.54, 1.807) is 14.2 Å². The van der Waals surface area contributed by atoms with Crippen LogP contribution in [0.25, 0.3) is 0 Å². The summed E-state index contributed by atoms with van der Waals surface area (Å²) < 4.78 is 11.4. The number of hydrogen-bond acceptors (Lipinski definition) is 4. The van der Waals surface area contributed by atoms with Gasteiger partial charge >= 0.3 is 0 Å². The van der Waals surface area contributed by atoms with E-state index in [0.29, 0.717) is 23.6 Å². The van der Waals surface area contributed by atoms with Crippen LogP contribution in [0, 0.1) is 6.92 Å². The highest BCUT2D eigenvalue weighted by Crippen LogP contribution is 2.45. The summed E-state index contributed by atoms with van der Waals surface area (Å²) >= 11 is 0. The van der Waals surface area contributed by atoms with Crippen LogP contribution >= 0.6 is 0 Å². The van der Waals surface area contributed by atoms with Crippen LogP contribution < -0.4 is 19.3 Å². The third-order valence-corrected chi connectivity index (χ3v) is 6.43. The molecule has 4 aromatic rings. The molecule has 0 saturated heterocycles. The number of methoxy groups -OCH3 is 2. The first kappa shape index (κ1) is 22.5. The standard InChI is InChI=1S/C30H28N2O3/c1-21-13-15-23(16-14-21)32-29(26-19-24(34-2)17-18-28(26)35-3)31(20-22-9-5-4-6-10-22)27-12-8-7-11-25(27)30(32)33/h4-19,29H,20H2,1-3H3/t29-/m0/s1. The Kier molecular flexibility index (Phi) is 6.15. The van der Waals surface area contributed by atoms with Crippen LogP contribution in [-0.4, -0.2) is 20.1 Å². The summed E-state index contributed by atoms with van der Waals surface area (Å²) in [5.74, 6) is 1.34. The summed E-state index contributed by atoms with van der Waals surface area (Å²) in [7, 11) is 3.30. The Hall–Kier alpha value is -4.25. The number of benzene rings is 4. The van der Waals surface area contributed by atoms with Crippen molar-refractivity contribution in [1.82, 2.24) is 0 Å². The molecule has 0 N–H and O–H groups in total. The largest absolute Gasteiger partial charge is 0.497 e. The molecule has 1 aliphatic rings. The van der Waals surface area contributed by atoms with Gasteiger partial charge in [-0.25, -0.2) is 0 Å². The molecular weight excluding hydrogens is 436 g/mol. The predicted octanol–water partition coefficient (Wildman–Crippen LogP) is 6.38. The Labute approximate surface area is 206 Å². The topological polar surface area (TPSA) is 42.0 Å². The highest BCUT2D eigenvalue weighted by Gasteiger charge is 2.41. The van der Waals surface area contributed by atoms with Crippen molar-refractivity contribution < 1.29 is 14.3 Å². The van der Waals surface area contributed by atoms with Crippen molar-refractivity contribution in [2.75, 3.05) is 24.0 Å². The number of rotatable bonds is 6. The number of amides is 1. The fourth-order valence-corrected chi connectivity index (χ4v) is 4.68. The van der Waals surface area contributed by atoms with E-state index in [0.717, 1.165) is 28.1 Å². The van der Waals surface area contributed by atoms with Gasteiger partial charge < -0.3 is 14.4 Å². The van der Waals surface area contributed by atoms with Crippen LogP contribution in [0.4, 0.5) is 11.4 Å². The molecule has 5 rings (SSSR count). The highest BCUT2D eigenvalue weighted by molar-refractivity contribution is 6.12. The van der Waals surface area contributed by atoms with Gasteiger partial charge in [-0.15, -0.1) is 0 Å². The lowest BCUT2D eigenvalue weighted by atomic mass is 9.98. The van der Waals surface area contributed by atoms with Crippen LogP contribution in [0.1, 0.15) is 33.2 Å². The number of carbonyl (C=O) groups is 1. The fourth-order valence-electron chi connectivity index (χ4n) is 4.68. The Morgan fingerprint density at radius 1 is 0.800 bits per heavy atom. The summed E-state index contributed by atoms with van der Waals surface area (Å²) in [5, 5.41) is 0. The second kappa shape index (κ2) is 9.55. The van der Waals surface area contributed by atoms with Gasteiger partial charge in [-0.1, -0.05) is 60.2 Å². The van der Waals surface area contributed by atoms with E-state index < -0.39 is 6.17 Å². The second-order valence-corrected chi connectivity index (χ2v) is 8.62. The van der Waals surface area contributed by atoms with E-state index in [1.165, 1.54) is 0 Å². The minimum Gasteiger partial charge on any atom is -0.497 e. The highest BCUT2D eigenvalue weighted by atomic mass is 16.5. The number of carbonyl (C=O) groups excluding carboxylic acids is 1. The lowest BCUT2D eigenvalue weighted by molar-refractivity contribution is 0.0967. The van der Waals surface area contributed by atoms with E-state index in [4.69, 9.17) is 9.47 Å². The zero-order chi connectivity index (χ0) is 24.4. The molecule has 35 heavy (non-hydrogen) atoms. The number of ether oxygens (including phenoxy) is 2. The molecule has 0 fully saturated rings. The first-order valence-corrected chi connectivity index (χ1v) is 11.6. The van der Waals surface area contributed by atoms with E-state index in [2.05, 4.69) is 17.0 Å². The summed E-state index contributed by atoms with van der Waals surface area (Å²) in [4.78, 5) is 18.2. The zero-order valence-electron chi connectivity index (χ0n) is 20.1. The third-order valence-electron chi connectivity index (χ3n) is 6.43. The molecule has 1 atom stereocenters. The van der Waals surface area contributed by atoms with Crippen LogP contribution in [0.3, 0.4) is 0 Å². The van der Waals surface area contributed by atoms with Gasteiger partial charge in [0.05, 0.1) is 25.5 Å². The van der Waals surface area contributed by atoms with Gasteiger partial charge in [0.25, 0.3) is 5.91 Å². The van der Waals surface area contributed by atoms with Gasteiger partial charge in [0, 0.05) is 17.8 Å². The SMILES string of the molecule is COc1ccc(OC)c([C@H]2N(Cc3ccccc3)c3ccccc3C(=O)N2c2ccc(C)cc2)c1. The van der Waals surface area contributed by atoms with Crippen molar-refractivity contribution in [1.29, 1.82) is 0 Å². The maximum absolute atomic E-state index is 14.1. The predicted molar refractivity (Wildman–Crippen MR) is 139 cm³/mol. The molecule has 0 radical (unpaired) electrons. The average molecular weight is 465 g/mol. The van der Waals surface area contributed by atoms with Crippen molar-refractivity contribution in [3.63, 3.8) is 0 Å². The van der Waals surface area contributed by atoms with Crippen molar-refractivity contribution in [3.8, 4) is 11.5 Å². The van der Waals surface area contributed by atoms with E-state index >= 15 is 0 Å². The molecule has 0 saturated carbocycles. The minimum atomic E-state index is -0.453.